The van der Waals surface area contributed by atoms with Crippen LogP contribution in [0, 0.1) is 24.6 Å². The molecule has 4 nitrogen and oxygen atoms in total. The summed E-state index contributed by atoms with van der Waals surface area (Å²) in [5, 5.41) is 11.2. The summed E-state index contributed by atoms with van der Waals surface area (Å²) in [7, 11) is 0. The molecule has 0 saturated heterocycles. The zero-order chi connectivity index (χ0) is 15.2. The van der Waals surface area contributed by atoms with E-state index in [1.165, 1.54) is 12.1 Å². The molecule has 2 N–H and O–H groups in total. The van der Waals surface area contributed by atoms with Gasteiger partial charge in [0.2, 0.25) is 0 Å². The number of carbonyl (C=O) groups excluding carboxylic acids is 1. The van der Waals surface area contributed by atoms with E-state index in [1.54, 1.807) is 12.3 Å². The highest BCUT2D eigenvalue weighted by Crippen LogP contribution is 2.14. The lowest BCUT2D eigenvalue weighted by atomic mass is 10.1. The zero-order valence-electron chi connectivity index (χ0n) is 11.4. The van der Waals surface area contributed by atoms with Crippen LogP contribution in [0.5, 0.6) is 0 Å². The number of halogens is 1. The zero-order valence-corrected chi connectivity index (χ0v) is 11.4. The molecular weight excluding hydrogens is 271 g/mol. The van der Waals surface area contributed by atoms with Gasteiger partial charge in [-0.05, 0) is 36.8 Å². The van der Waals surface area contributed by atoms with Gasteiger partial charge in [0.1, 0.15) is 18.2 Å². The second kappa shape index (κ2) is 6.64. The van der Waals surface area contributed by atoms with Crippen LogP contribution >= 0.6 is 0 Å². The number of aromatic nitrogens is 1. The maximum absolute atomic E-state index is 13.8. The first-order valence-corrected chi connectivity index (χ1v) is 6.24. The van der Waals surface area contributed by atoms with E-state index in [4.69, 9.17) is 5.11 Å². The summed E-state index contributed by atoms with van der Waals surface area (Å²) in [6, 6.07) is 7.56. The predicted molar refractivity (Wildman–Crippen MR) is 77.3 cm³/mol. The van der Waals surface area contributed by atoms with Crippen molar-refractivity contribution in [2.24, 2.45) is 0 Å². The summed E-state index contributed by atoms with van der Waals surface area (Å²) in [5.41, 5.74) is 1.12. The Morgan fingerprint density at radius 1 is 1.43 bits per heavy atom. The van der Waals surface area contributed by atoms with Crippen LogP contribution in [0.4, 0.5) is 10.2 Å². The van der Waals surface area contributed by atoms with Crippen LogP contribution in [0.3, 0.4) is 0 Å². The molecule has 0 atom stereocenters. The molecule has 1 aromatic carbocycles. The molecule has 1 aromatic heterocycles. The number of hydrogen-bond donors (Lipinski definition) is 2. The molecule has 5 heteroatoms. The maximum atomic E-state index is 13.8. The minimum Gasteiger partial charge on any atom is -0.384 e. The normalized spacial score (nSPS) is 9.67. The van der Waals surface area contributed by atoms with Crippen LogP contribution in [0.15, 0.2) is 36.5 Å². The monoisotopic (exact) mass is 284 g/mol. The molecule has 0 aliphatic heterocycles. The van der Waals surface area contributed by atoms with Crippen LogP contribution in [0.2, 0.25) is 0 Å². The molecule has 1 heterocycles. The van der Waals surface area contributed by atoms with Crippen molar-refractivity contribution < 1.29 is 14.3 Å². The summed E-state index contributed by atoms with van der Waals surface area (Å²) in [4.78, 5) is 16.1. The molecule has 0 aliphatic rings. The number of amides is 1. The highest BCUT2D eigenvalue weighted by Gasteiger charge is 2.10. The topological polar surface area (TPSA) is 62.2 Å². The number of nitrogens with zero attached hydrogens (tertiary/aromatic N) is 1. The van der Waals surface area contributed by atoms with E-state index in [0.29, 0.717) is 5.82 Å². The van der Waals surface area contributed by atoms with E-state index in [9.17, 15) is 9.18 Å². The summed E-state index contributed by atoms with van der Waals surface area (Å²) in [5.74, 6) is 4.21. The first kappa shape index (κ1) is 14.7. The lowest BCUT2D eigenvalue weighted by Gasteiger charge is -2.07. The lowest BCUT2D eigenvalue weighted by Crippen LogP contribution is -2.14. The molecule has 2 rings (SSSR count). The molecule has 0 aliphatic carbocycles. The standard InChI is InChI=1S/C16H13FN2O2/c1-11-4-2-8-18-15(11)19-16(21)13-7-6-12(5-3-9-20)14(17)10-13/h2,4,6-8,10,20H,9H2,1H3,(H,18,19,21). The minimum absolute atomic E-state index is 0.134. The molecule has 0 saturated carbocycles. The number of rotatable bonds is 2. The third-order valence-electron chi connectivity index (χ3n) is 2.77. The Balaban J connectivity index is 2.21. The fourth-order valence-electron chi connectivity index (χ4n) is 1.69. The molecule has 1 amide bonds. The highest BCUT2D eigenvalue weighted by molar-refractivity contribution is 6.04. The molecule has 0 bridgehead atoms. The second-order valence-electron chi connectivity index (χ2n) is 4.28. The highest BCUT2D eigenvalue weighted by atomic mass is 19.1. The molecule has 2 aromatic rings. The van der Waals surface area contributed by atoms with E-state index >= 15 is 0 Å². The van der Waals surface area contributed by atoms with E-state index in [1.807, 2.05) is 13.0 Å². The smallest absolute Gasteiger partial charge is 0.256 e. The SMILES string of the molecule is Cc1cccnc1NC(=O)c1ccc(C#CCO)c(F)c1. The van der Waals surface area contributed by atoms with Gasteiger partial charge in [-0.1, -0.05) is 17.9 Å². The second-order valence-corrected chi connectivity index (χ2v) is 4.28. The third kappa shape index (κ3) is 3.65. The molecule has 21 heavy (non-hydrogen) atoms. The van der Waals surface area contributed by atoms with Crippen LogP contribution in [0.25, 0.3) is 0 Å². The number of hydrogen-bond acceptors (Lipinski definition) is 3. The Hall–Kier alpha value is -2.71. The summed E-state index contributed by atoms with van der Waals surface area (Å²) in [6.45, 7) is 1.47. The number of pyridine rings is 1. The van der Waals surface area contributed by atoms with E-state index in [-0.39, 0.29) is 17.7 Å². The summed E-state index contributed by atoms with van der Waals surface area (Å²) < 4.78 is 13.8. The number of benzene rings is 1. The number of carbonyl (C=O) groups is 1. The number of nitrogens with one attached hydrogen (secondary N) is 1. The van der Waals surface area contributed by atoms with Crippen molar-refractivity contribution in [3.05, 3.63) is 59.0 Å². The molecule has 0 radical (unpaired) electrons. The van der Waals surface area contributed by atoms with Gasteiger partial charge < -0.3 is 10.4 Å². The van der Waals surface area contributed by atoms with Crippen molar-refractivity contribution >= 4 is 11.7 Å². The van der Waals surface area contributed by atoms with Gasteiger partial charge in [0.05, 0.1) is 5.56 Å². The van der Waals surface area contributed by atoms with Crippen molar-refractivity contribution in [2.45, 2.75) is 6.92 Å². The van der Waals surface area contributed by atoms with Gasteiger partial charge in [0.15, 0.2) is 0 Å². The van der Waals surface area contributed by atoms with Crippen LogP contribution < -0.4 is 5.32 Å². The van der Waals surface area contributed by atoms with Gasteiger partial charge in [0.25, 0.3) is 5.91 Å². The van der Waals surface area contributed by atoms with Crippen molar-refractivity contribution in [1.82, 2.24) is 4.98 Å². The largest absolute Gasteiger partial charge is 0.384 e. The molecule has 106 valence electrons. The van der Waals surface area contributed by atoms with Crippen LogP contribution in [-0.4, -0.2) is 22.6 Å². The fourth-order valence-corrected chi connectivity index (χ4v) is 1.69. The van der Waals surface area contributed by atoms with Crippen molar-refractivity contribution in [3.8, 4) is 11.8 Å². The summed E-state index contributed by atoms with van der Waals surface area (Å²) >= 11 is 0. The van der Waals surface area contributed by atoms with Crippen molar-refractivity contribution in [3.63, 3.8) is 0 Å². The van der Waals surface area contributed by atoms with Gasteiger partial charge in [-0.15, -0.1) is 0 Å². The van der Waals surface area contributed by atoms with E-state index in [2.05, 4.69) is 22.1 Å². The Labute approximate surface area is 121 Å². The van der Waals surface area contributed by atoms with Crippen LogP contribution in [0.1, 0.15) is 21.5 Å². The molecule has 0 spiro atoms. The molecular formula is C16H13FN2O2. The first-order chi connectivity index (χ1) is 10.1. The average molecular weight is 284 g/mol. The molecule has 0 fully saturated rings. The van der Waals surface area contributed by atoms with Crippen molar-refractivity contribution in [2.75, 3.05) is 11.9 Å². The van der Waals surface area contributed by atoms with Gasteiger partial charge in [-0.25, -0.2) is 9.37 Å². The fraction of sp³-hybridized carbons (Fsp3) is 0.125. The number of aliphatic hydroxyl groups is 1. The van der Waals surface area contributed by atoms with Crippen molar-refractivity contribution in [1.29, 1.82) is 0 Å². The Bertz CT molecular complexity index is 733. The minimum atomic E-state index is -0.610. The van der Waals surface area contributed by atoms with E-state index < -0.39 is 11.7 Å². The Morgan fingerprint density at radius 3 is 2.90 bits per heavy atom. The maximum Gasteiger partial charge on any atom is 0.256 e. The average Bonchev–Trinajstić information content (AvgIpc) is 2.48. The van der Waals surface area contributed by atoms with Gasteiger partial charge in [0, 0.05) is 11.8 Å². The summed E-state index contributed by atoms with van der Waals surface area (Å²) in [6.07, 6.45) is 1.57. The number of aliphatic hydroxyl groups excluding tert-OH is 1. The van der Waals surface area contributed by atoms with Gasteiger partial charge in [-0.2, -0.15) is 0 Å². The quantitative estimate of drug-likeness (QED) is 0.830. The Kier molecular flexibility index (Phi) is 4.64. The predicted octanol–water partition coefficient (Wildman–Crippen LogP) is 2.13. The third-order valence-corrected chi connectivity index (χ3v) is 2.77. The van der Waals surface area contributed by atoms with Gasteiger partial charge in [-0.3, -0.25) is 4.79 Å². The molecule has 0 unspecified atom stereocenters. The number of anilines is 1. The lowest BCUT2D eigenvalue weighted by molar-refractivity contribution is 0.102. The number of aryl methyl sites for hydroxylation is 1. The first-order valence-electron chi connectivity index (χ1n) is 6.24. The van der Waals surface area contributed by atoms with E-state index in [0.717, 1.165) is 11.6 Å². The van der Waals surface area contributed by atoms with Crippen LogP contribution in [-0.2, 0) is 0 Å². The van der Waals surface area contributed by atoms with Gasteiger partial charge >= 0.3 is 0 Å². The Morgan fingerprint density at radius 2 is 2.24 bits per heavy atom.